The van der Waals surface area contributed by atoms with Gasteiger partial charge in [0, 0.05) is 0 Å². The van der Waals surface area contributed by atoms with Crippen molar-refractivity contribution in [1.29, 1.82) is 0 Å². The van der Waals surface area contributed by atoms with Gasteiger partial charge in [-0.15, -0.1) is 0 Å². The summed E-state index contributed by atoms with van der Waals surface area (Å²) in [5, 5.41) is 0. The van der Waals surface area contributed by atoms with Crippen molar-refractivity contribution in [2.24, 2.45) is 5.92 Å². The second-order valence-electron chi connectivity index (χ2n) is 5.43. The molecule has 0 aliphatic heterocycles. The third-order valence-electron chi connectivity index (χ3n) is 3.36. The molecule has 0 amide bonds. The number of benzene rings is 1. The molecule has 0 N–H and O–H groups in total. The third kappa shape index (κ3) is 4.93. The fourth-order valence-corrected chi connectivity index (χ4v) is 2.57. The van der Waals surface area contributed by atoms with Crippen LogP contribution < -0.4 is 4.74 Å². The minimum Gasteiger partial charge on any atom is -0.494 e. The lowest BCUT2D eigenvalue weighted by atomic mass is 9.98. The molecule has 1 aromatic rings. The Morgan fingerprint density at radius 3 is 2.44 bits per heavy atom. The number of hydrogen-bond donors (Lipinski definition) is 1. The van der Waals surface area contributed by atoms with Crippen molar-refractivity contribution in [3.8, 4) is 5.75 Å². The zero-order valence-electron chi connectivity index (χ0n) is 12.1. The molecule has 1 rings (SSSR count). The van der Waals surface area contributed by atoms with Gasteiger partial charge in [0.1, 0.15) is 5.75 Å². The highest BCUT2D eigenvalue weighted by Crippen LogP contribution is 2.23. The maximum absolute atomic E-state index is 5.81. The molecular formula is C16H26OS. The first-order valence-electron chi connectivity index (χ1n) is 6.88. The normalized spacial score (nSPS) is 12.8. The van der Waals surface area contributed by atoms with Crippen LogP contribution in [0.4, 0.5) is 0 Å². The Hall–Kier alpha value is -0.630. The Bertz CT molecular complexity index is 360. The van der Waals surface area contributed by atoms with Crippen molar-refractivity contribution in [2.75, 3.05) is 12.4 Å². The Kier molecular flexibility index (Phi) is 6.62. The molecule has 1 aromatic carbocycles. The number of rotatable bonds is 7. The van der Waals surface area contributed by atoms with E-state index >= 15 is 0 Å². The van der Waals surface area contributed by atoms with E-state index in [9.17, 15) is 0 Å². The largest absolute Gasteiger partial charge is 0.494 e. The third-order valence-corrected chi connectivity index (χ3v) is 3.62. The van der Waals surface area contributed by atoms with Crippen LogP contribution in [-0.2, 0) is 0 Å². The second-order valence-corrected chi connectivity index (χ2v) is 5.87. The van der Waals surface area contributed by atoms with Crippen LogP contribution in [0, 0.1) is 12.8 Å². The first-order valence-corrected chi connectivity index (χ1v) is 7.52. The van der Waals surface area contributed by atoms with E-state index in [4.69, 9.17) is 4.74 Å². The summed E-state index contributed by atoms with van der Waals surface area (Å²) in [7, 11) is 0. The number of thiol groups is 1. The quantitative estimate of drug-likeness (QED) is 0.695. The fourth-order valence-electron chi connectivity index (χ4n) is 2.13. The molecule has 0 saturated heterocycles. The molecule has 0 heterocycles. The maximum Gasteiger partial charge on any atom is 0.119 e. The first-order chi connectivity index (χ1) is 8.54. The number of aryl methyl sites for hydroxylation is 1. The highest BCUT2D eigenvalue weighted by Gasteiger charge is 2.05. The van der Waals surface area contributed by atoms with Gasteiger partial charge in [0.15, 0.2) is 0 Å². The van der Waals surface area contributed by atoms with Gasteiger partial charge in [0.2, 0.25) is 0 Å². The fraction of sp³-hybridized carbons (Fsp3) is 0.625. The summed E-state index contributed by atoms with van der Waals surface area (Å²) in [6.45, 7) is 9.66. The van der Waals surface area contributed by atoms with Crippen LogP contribution >= 0.6 is 12.6 Å². The molecule has 0 fully saturated rings. The zero-order valence-corrected chi connectivity index (χ0v) is 13.0. The van der Waals surface area contributed by atoms with Crippen molar-refractivity contribution < 1.29 is 4.74 Å². The summed E-state index contributed by atoms with van der Waals surface area (Å²) in [5.41, 5.74) is 2.73. The molecule has 18 heavy (non-hydrogen) atoms. The van der Waals surface area contributed by atoms with Crippen LogP contribution in [0.15, 0.2) is 18.2 Å². The van der Waals surface area contributed by atoms with Crippen molar-refractivity contribution in [3.63, 3.8) is 0 Å². The van der Waals surface area contributed by atoms with Gasteiger partial charge in [-0.1, -0.05) is 26.8 Å². The molecular weight excluding hydrogens is 240 g/mol. The Balaban J connectivity index is 2.46. The molecule has 0 spiro atoms. The molecule has 0 radical (unpaired) electrons. The zero-order chi connectivity index (χ0) is 13.5. The smallest absolute Gasteiger partial charge is 0.119 e. The highest BCUT2D eigenvalue weighted by atomic mass is 32.1. The first kappa shape index (κ1) is 15.4. The van der Waals surface area contributed by atoms with Crippen molar-refractivity contribution in [2.45, 2.75) is 46.5 Å². The van der Waals surface area contributed by atoms with Crippen molar-refractivity contribution in [3.05, 3.63) is 29.3 Å². The van der Waals surface area contributed by atoms with E-state index < -0.39 is 0 Å². The summed E-state index contributed by atoms with van der Waals surface area (Å²) < 4.78 is 5.81. The van der Waals surface area contributed by atoms with Gasteiger partial charge < -0.3 is 4.74 Å². The summed E-state index contributed by atoms with van der Waals surface area (Å²) >= 11 is 4.25. The van der Waals surface area contributed by atoms with Crippen LogP contribution in [0.25, 0.3) is 0 Å². The molecule has 2 heteroatoms. The summed E-state index contributed by atoms with van der Waals surface area (Å²) in [4.78, 5) is 0. The van der Waals surface area contributed by atoms with E-state index in [0.717, 1.165) is 31.0 Å². The minimum atomic E-state index is 0.578. The van der Waals surface area contributed by atoms with E-state index in [0.29, 0.717) is 11.8 Å². The summed E-state index contributed by atoms with van der Waals surface area (Å²) in [6.07, 6.45) is 2.27. The molecule has 0 aliphatic rings. The summed E-state index contributed by atoms with van der Waals surface area (Å²) in [6, 6.07) is 6.43. The topological polar surface area (TPSA) is 9.23 Å². The molecule has 0 aromatic heterocycles. The predicted molar refractivity (Wildman–Crippen MR) is 83.0 cm³/mol. The van der Waals surface area contributed by atoms with Gasteiger partial charge in [0.05, 0.1) is 6.61 Å². The lowest BCUT2D eigenvalue weighted by Gasteiger charge is -2.14. The highest BCUT2D eigenvalue weighted by molar-refractivity contribution is 7.80. The van der Waals surface area contributed by atoms with Gasteiger partial charge >= 0.3 is 0 Å². The van der Waals surface area contributed by atoms with Crippen LogP contribution in [-0.4, -0.2) is 12.4 Å². The van der Waals surface area contributed by atoms with Crippen LogP contribution in [0.2, 0.25) is 0 Å². The lowest BCUT2D eigenvalue weighted by molar-refractivity contribution is 0.282. The Morgan fingerprint density at radius 2 is 1.89 bits per heavy atom. The SMILES string of the molecule is Cc1cc(OCCC(C)CCS)ccc1C(C)C. The molecule has 0 saturated carbocycles. The van der Waals surface area contributed by atoms with Crippen molar-refractivity contribution in [1.82, 2.24) is 0 Å². The van der Waals surface area contributed by atoms with E-state index in [2.05, 4.69) is 58.5 Å². The average Bonchev–Trinajstić information content (AvgIpc) is 2.29. The molecule has 1 atom stereocenters. The van der Waals surface area contributed by atoms with Crippen LogP contribution in [0.3, 0.4) is 0 Å². The Labute approximate surface area is 117 Å². The van der Waals surface area contributed by atoms with E-state index in [1.165, 1.54) is 11.1 Å². The van der Waals surface area contributed by atoms with Gasteiger partial charge in [0.25, 0.3) is 0 Å². The summed E-state index contributed by atoms with van der Waals surface area (Å²) in [5.74, 6) is 3.23. The molecule has 0 bridgehead atoms. The molecule has 1 nitrogen and oxygen atoms in total. The van der Waals surface area contributed by atoms with Gasteiger partial charge in [-0.3, -0.25) is 0 Å². The average molecular weight is 266 g/mol. The van der Waals surface area contributed by atoms with Crippen molar-refractivity contribution >= 4 is 12.6 Å². The van der Waals surface area contributed by atoms with Gasteiger partial charge in [-0.2, -0.15) is 12.6 Å². The maximum atomic E-state index is 5.81. The minimum absolute atomic E-state index is 0.578. The second kappa shape index (κ2) is 7.73. The van der Waals surface area contributed by atoms with Crippen LogP contribution in [0.1, 0.15) is 50.7 Å². The number of hydrogen-bond acceptors (Lipinski definition) is 2. The van der Waals surface area contributed by atoms with Crippen LogP contribution in [0.5, 0.6) is 5.75 Å². The van der Waals surface area contributed by atoms with E-state index in [1.807, 2.05) is 0 Å². The molecule has 102 valence electrons. The monoisotopic (exact) mass is 266 g/mol. The van der Waals surface area contributed by atoms with E-state index in [1.54, 1.807) is 0 Å². The Morgan fingerprint density at radius 1 is 1.17 bits per heavy atom. The van der Waals surface area contributed by atoms with E-state index in [-0.39, 0.29) is 0 Å². The molecule has 0 aliphatic carbocycles. The standard InChI is InChI=1S/C16H26OS/c1-12(2)16-6-5-15(11-14(16)4)17-9-7-13(3)8-10-18/h5-6,11-13,18H,7-10H2,1-4H3. The van der Waals surface area contributed by atoms with Gasteiger partial charge in [-0.25, -0.2) is 0 Å². The van der Waals surface area contributed by atoms with Gasteiger partial charge in [-0.05, 0) is 60.6 Å². The predicted octanol–water partition coefficient (Wildman–Crippen LogP) is 4.84. The molecule has 1 unspecified atom stereocenters. The lowest BCUT2D eigenvalue weighted by Crippen LogP contribution is -2.05. The number of ether oxygens (including phenoxy) is 1.